The van der Waals surface area contributed by atoms with E-state index >= 15 is 0 Å². The Kier molecular flexibility index (Phi) is 4.40. The van der Waals surface area contributed by atoms with Gasteiger partial charge in [-0.3, -0.25) is 0 Å². The molecule has 0 aliphatic rings. The second kappa shape index (κ2) is 5.36. The summed E-state index contributed by atoms with van der Waals surface area (Å²) < 4.78 is 1.20. The highest BCUT2D eigenvalue weighted by Crippen LogP contribution is 2.24. The van der Waals surface area contributed by atoms with Crippen molar-refractivity contribution in [3.8, 4) is 0 Å². The summed E-state index contributed by atoms with van der Waals surface area (Å²) in [4.78, 5) is 0. The summed E-state index contributed by atoms with van der Waals surface area (Å²) >= 11 is 3.56. The molecule has 1 nitrogen and oxygen atoms in total. The van der Waals surface area contributed by atoms with Gasteiger partial charge in [0.1, 0.15) is 0 Å². The maximum Gasteiger partial charge on any atom is 0.0346 e. The van der Waals surface area contributed by atoms with Crippen LogP contribution in [-0.2, 0) is 0 Å². The van der Waals surface area contributed by atoms with Gasteiger partial charge in [-0.1, -0.05) is 21.5 Å². The largest absolute Gasteiger partial charge is 0.385 e. The van der Waals surface area contributed by atoms with E-state index in [1.54, 1.807) is 0 Å². The van der Waals surface area contributed by atoms with E-state index < -0.39 is 0 Å². The fraction of sp³-hybridized carbons (Fsp3) is 0.385. The van der Waals surface area contributed by atoms with Crippen LogP contribution in [0.5, 0.6) is 0 Å². The highest BCUT2D eigenvalue weighted by Gasteiger charge is 2.01. The predicted molar refractivity (Wildman–Crippen MR) is 71.5 cm³/mol. The first-order chi connectivity index (χ1) is 7.00. The van der Waals surface area contributed by atoms with Crippen molar-refractivity contribution in [3.05, 3.63) is 39.9 Å². The fourth-order valence-electron chi connectivity index (χ4n) is 1.47. The Labute approximate surface area is 101 Å². The minimum absolute atomic E-state index is 0.954. The van der Waals surface area contributed by atoms with E-state index in [1.165, 1.54) is 26.9 Å². The topological polar surface area (TPSA) is 12.0 Å². The molecule has 1 N–H and O–H groups in total. The van der Waals surface area contributed by atoms with Crippen LogP contribution in [0.25, 0.3) is 0 Å². The van der Waals surface area contributed by atoms with E-state index in [0.717, 1.165) is 13.0 Å². The molecule has 0 saturated heterocycles. The Bertz CT molecular complexity index is 346. The summed E-state index contributed by atoms with van der Waals surface area (Å²) in [5, 5.41) is 3.40. The van der Waals surface area contributed by atoms with Crippen LogP contribution in [0.3, 0.4) is 0 Å². The number of rotatable bonds is 4. The Morgan fingerprint density at radius 3 is 2.33 bits per heavy atom. The molecule has 0 fully saturated rings. The first-order valence-corrected chi connectivity index (χ1v) is 5.95. The number of aryl methyl sites for hydroxylation is 2. The third kappa shape index (κ3) is 3.71. The molecular formula is C13H18BrN. The van der Waals surface area contributed by atoms with Crippen molar-refractivity contribution in [1.82, 2.24) is 0 Å². The molecule has 1 aromatic rings. The van der Waals surface area contributed by atoms with E-state index in [4.69, 9.17) is 0 Å². The first-order valence-electron chi connectivity index (χ1n) is 5.15. The van der Waals surface area contributed by atoms with Gasteiger partial charge in [-0.05, 0) is 50.5 Å². The van der Waals surface area contributed by atoms with Gasteiger partial charge in [-0.2, -0.15) is 0 Å². The van der Waals surface area contributed by atoms with Gasteiger partial charge in [0, 0.05) is 16.7 Å². The molecule has 0 unspecified atom stereocenters. The molecule has 0 radical (unpaired) electrons. The van der Waals surface area contributed by atoms with Crippen molar-refractivity contribution in [2.75, 3.05) is 11.9 Å². The molecule has 0 saturated carbocycles. The Hall–Kier alpha value is -0.760. The zero-order valence-corrected chi connectivity index (χ0v) is 11.2. The van der Waals surface area contributed by atoms with Crippen LogP contribution in [-0.4, -0.2) is 6.54 Å². The lowest BCUT2D eigenvalue weighted by Crippen LogP contribution is -2.02. The minimum Gasteiger partial charge on any atom is -0.385 e. The molecule has 0 heterocycles. The van der Waals surface area contributed by atoms with Gasteiger partial charge in [-0.25, -0.2) is 0 Å². The zero-order valence-electron chi connectivity index (χ0n) is 9.65. The molecule has 82 valence electrons. The molecule has 0 amide bonds. The maximum absolute atomic E-state index is 3.89. The SMILES string of the molecule is C=C(C)CCNc1cc(C)c(Br)c(C)c1. The van der Waals surface area contributed by atoms with E-state index in [2.05, 4.69) is 60.7 Å². The van der Waals surface area contributed by atoms with E-state index in [0.29, 0.717) is 0 Å². The minimum atomic E-state index is 0.954. The lowest BCUT2D eigenvalue weighted by molar-refractivity contribution is 1.00. The number of hydrogen-bond acceptors (Lipinski definition) is 1. The van der Waals surface area contributed by atoms with Crippen molar-refractivity contribution in [2.24, 2.45) is 0 Å². The maximum atomic E-state index is 3.89. The molecule has 1 rings (SSSR count). The number of halogens is 1. The van der Waals surface area contributed by atoms with Gasteiger partial charge >= 0.3 is 0 Å². The number of hydrogen-bond donors (Lipinski definition) is 1. The smallest absolute Gasteiger partial charge is 0.0346 e. The van der Waals surface area contributed by atoms with E-state index in [-0.39, 0.29) is 0 Å². The third-order valence-electron chi connectivity index (χ3n) is 2.32. The quantitative estimate of drug-likeness (QED) is 0.796. The lowest BCUT2D eigenvalue weighted by Gasteiger charge is -2.10. The molecule has 0 aliphatic carbocycles. The highest BCUT2D eigenvalue weighted by molar-refractivity contribution is 9.10. The van der Waals surface area contributed by atoms with Crippen LogP contribution in [0.4, 0.5) is 5.69 Å². The van der Waals surface area contributed by atoms with Crippen molar-refractivity contribution < 1.29 is 0 Å². The molecule has 0 aliphatic heterocycles. The normalized spacial score (nSPS) is 10.1. The van der Waals surface area contributed by atoms with Crippen molar-refractivity contribution in [1.29, 1.82) is 0 Å². The van der Waals surface area contributed by atoms with Crippen LogP contribution < -0.4 is 5.32 Å². The molecule has 0 atom stereocenters. The van der Waals surface area contributed by atoms with Crippen LogP contribution in [0, 0.1) is 13.8 Å². The predicted octanol–water partition coefficient (Wildman–Crippen LogP) is 4.44. The molecule has 0 aromatic heterocycles. The number of nitrogens with one attached hydrogen (secondary N) is 1. The van der Waals surface area contributed by atoms with Crippen LogP contribution in [0.1, 0.15) is 24.5 Å². The zero-order chi connectivity index (χ0) is 11.4. The Balaban J connectivity index is 2.66. The summed E-state index contributed by atoms with van der Waals surface area (Å²) in [6.07, 6.45) is 1.02. The summed E-state index contributed by atoms with van der Waals surface area (Å²) in [5.41, 5.74) is 4.95. The van der Waals surface area contributed by atoms with Gasteiger partial charge in [0.15, 0.2) is 0 Å². The first kappa shape index (κ1) is 12.3. The number of anilines is 1. The van der Waals surface area contributed by atoms with Crippen molar-refractivity contribution >= 4 is 21.6 Å². The average Bonchev–Trinajstić information content (AvgIpc) is 2.13. The molecule has 1 aromatic carbocycles. The Morgan fingerprint density at radius 1 is 1.33 bits per heavy atom. The molecule has 2 heteroatoms. The third-order valence-corrected chi connectivity index (χ3v) is 3.57. The van der Waals surface area contributed by atoms with Crippen molar-refractivity contribution in [2.45, 2.75) is 27.2 Å². The van der Waals surface area contributed by atoms with Gasteiger partial charge in [-0.15, -0.1) is 6.58 Å². The van der Waals surface area contributed by atoms with Gasteiger partial charge < -0.3 is 5.32 Å². The van der Waals surface area contributed by atoms with Crippen LogP contribution in [0.15, 0.2) is 28.8 Å². The second-order valence-electron chi connectivity index (χ2n) is 4.06. The van der Waals surface area contributed by atoms with Gasteiger partial charge in [0.05, 0.1) is 0 Å². The summed E-state index contributed by atoms with van der Waals surface area (Å²) in [5.74, 6) is 0. The summed E-state index contributed by atoms with van der Waals surface area (Å²) in [6, 6.07) is 4.32. The molecule has 0 spiro atoms. The summed E-state index contributed by atoms with van der Waals surface area (Å²) in [7, 11) is 0. The van der Waals surface area contributed by atoms with Gasteiger partial charge in [0.2, 0.25) is 0 Å². The summed E-state index contributed by atoms with van der Waals surface area (Å²) in [6.45, 7) is 11.1. The molecule has 15 heavy (non-hydrogen) atoms. The highest BCUT2D eigenvalue weighted by atomic mass is 79.9. The van der Waals surface area contributed by atoms with E-state index in [9.17, 15) is 0 Å². The monoisotopic (exact) mass is 267 g/mol. The molecular weight excluding hydrogens is 250 g/mol. The fourth-order valence-corrected chi connectivity index (χ4v) is 1.70. The van der Waals surface area contributed by atoms with Gasteiger partial charge in [0.25, 0.3) is 0 Å². The Morgan fingerprint density at radius 2 is 1.87 bits per heavy atom. The van der Waals surface area contributed by atoms with Crippen LogP contribution in [0.2, 0.25) is 0 Å². The standard InChI is InChI=1S/C13H18BrN/c1-9(2)5-6-15-12-7-10(3)13(14)11(4)8-12/h7-8,15H,1,5-6H2,2-4H3. The average molecular weight is 268 g/mol. The van der Waals surface area contributed by atoms with Crippen LogP contribution >= 0.6 is 15.9 Å². The number of benzene rings is 1. The van der Waals surface area contributed by atoms with E-state index in [1.807, 2.05) is 0 Å². The second-order valence-corrected chi connectivity index (χ2v) is 4.85. The van der Waals surface area contributed by atoms with Crippen molar-refractivity contribution in [3.63, 3.8) is 0 Å². The lowest BCUT2D eigenvalue weighted by atomic mass is 10.1. The molecule has 0 bridgehead atoms.